The van der Waals surface area contributed by atoms with Gasteiger partial charge in [0.05, 0.1) is 6.10 Å². The number of amides is 1. The van der Waals surface area contributed by atoms with Crippen LogP contribution < -0.4 is 10.1 Å². The Morgan fingerprint density at radius 3 is 2.47 bits per heavy atom. The van der Waals surface area contributed by atoms with Crippen molar-refractivity contribution in [2.75, 3.05) is 6.54 Å². The molecule has 0 saturated carbocycles. The zero-order valence-corrected chi connectivity index (χ0v) is 10.4. The van der Waals surface area contributed by atoms with E-state index in [9.17, 15) is 4.79 Å². The van der Waals surface area contributed by atoms with Gasteiger partial charge >= 0.3 is 0 Å². The Bertz CT molecular complexity index is 359. The van der Waals surface area contributed by atoms with Gasteiger partial charge in [-0.3, -0.25) is 4.79 Å². The largest absolute Gasteiger partial charge is 0.481 e. The van der Waals surface area contributed by atoms with E-state index < -0.39 is 12.2 Å². The van der Waals surface area contributed by atoms with Gasteiger partial charge in [-0.15, -0.1) is 0 Å². The lowest BCUT2D eigenvalue weighted by Crippen LogP contribution is -2.39. The average molecular weight is 237 g/mol. The Morgan fingerprint density at radius 1 is 1.35 bits per heavy atom. The second-order valence-corrected chi connectivity index (χ2v) is 4.17. The third kappa shape index (κ3) is 4.87. The molecule has 0 bridgehead atoms. The van der Waals surface area contributed by atoms with Crippen molar-refractivity contribution in [2.45, 2.75) is 33.0 Å². The van der Waals surface area contributed by atoms with Crippen molar-refractivity contribution < 1.29 is 14.6 Å². The van der Waals surface area contributed by atoms with Gasteiger partial charge in [0.1, 0.15) is 5.75 Å². The van der Waals surface area contributed by atoms with E-state index in [2.05, 4.69) is 5.32 Å². The van der Waals surface area contributed by atoms with Crippen LogP contribution >= 0.6 is 0 Å². The Balaban J connectivity index is 2.45. The molecule has 0 radical (unpaired) electrons. The minimum Gasteiger partial charge on any atom is -0.481 e. The number of aliphatic hydroxyl groups excluding tert-OH is 1. The fourth-order valence-corrected chi connectivity index (χ4v) is 1.27. The molecule has 4 heteroatoms. The molecule has 0 aliphatic heterocycles. The summed E-state index contributed by atoms with van der Waals surface area (Å²) in [6.07, 6.45) is -1.12. The monoisotopic (exact) mass is 237 g/mol. The van der Waals surface area contributed by atoms with Gasteiger partial charge in [0.2, 0.25) is 0 Å². The SMILES string of the molecule is Cc1ccc(OC(C)C(=O)NC[C@H](C)O)cc1. The van der Waals surface area contributed by atoms with Crippen molar-refractivity contribution >= 4 is 5.91 Å². The fraction of sp³-hybridized carbons (Fsp3) is 0.462. The molecule has 0 spiro atoms. The number of hydrogen-bond acceptors (Lipinski definition) is 3. The summed E-state index contributed by atoms with van der Waals surface area (Å²) in [6, 6.07) is 7.51. The molecular formula is C13H19NO3. The smallest absolute Gasteiger partial charge is 0.260 e. The molecular weight excluding hydrogens is 218 g/mol. The molecule has 4 nitrogen and oxygen atoms in total. The van der Waals surface area contributed by atoms with Crippen LogP contribution in [0.15, 0.2) is 24.3 Å². The number of benzene rings is 1. The summed E-state index contributed by atoms with van der Waals surface area (Å²) in [4.78, 5) is 11.6. The van der Waals surface area contributed by atoms with Gasteiger partial charge in [0.25, 0.3) is 5.91 Å². The predicted octanol–water partition coefficient (Wildman–Crippen LogP) is 1.26. The van der Waals surface area contributed by atoms with Crippen LogP contribution in [0.4, 0.5) is 0 Å². The topological polar surface area (TPSA) is 58.6 Å². The first-order valence-electron chi connectivity index (χ1n) is 5.68. The molecule has 1 rings (SSSR count). The molecule has 0 aliphatic rings. The molecule has 0 aromatic heterocycles. The van der Waals surface area contributed by atoms with Crippen molar-refractivity contribution in [3.8, 4) is 5.75 Å². The highest BCUT2D eigenvalue weighted by molar-refractivity contribution is 5.80. The summed E-state index contributed by atoms with van der Waals surface area (Å²) in [5.41, 5.74) is 1.14. The number of aryl methyl sites for hydroxylation is 1. The van der Waals surface area contributed by atoms with Gasteiger partial charge in [-0.05, 0) is 32.9 Å². The highest BCUT2D eigenvalue weighted by atomic mass is 16.5. The van der Waals surface area contributed by atoms with E-state index in [0.29, 0.717) is 5.75 Å². The quantitative estimate of drug-likeness (QED) is 0.810. The molecule has 94 valence electrons. The van der Waals surface area contributed by atoms with Crippen LogP contribution in [0.3, 0.4) is 0 Å². The molecule has 1 amide bonds. The third-order valence-electron chi connectivity index (χ3n) is 2.27. The van der Waals surface area contributed by atoms with Crippen LogP contribution in [0.2, 0.25) is 0 Å². The lowest BCUT2D eigenvalue weighted by Gasteiger charge is -2.15. The molecule has 1 unspecified atom stereocenters. The van der Waals surface area contributed by atoms with Crippen LogP contribution in [-0.4, -0.2) is 29.8 Å². The van der Waals surface area contributed by atoms with E-state index in [1.54, 1.807) is 13.8 Å². The molecule has 2 atom stereocenters. The van der Waals surface area contributed by atoms with Crippen molar-refractivity contribution in [2.24, 2.45) is 0 Å². The number of rotatable bonds is 5. The maximum absolute atomic E-state index is 11.6. The number of aliphatic hydroxyl groups is 1. The predicted molar refractivity (Wildman–Crippen MR) is 66.0 cm³/mol. The summed E-state index contributed by atoms with van der Waals surface area (Å²) < 4.78 is 5.47. The minimum absolute atomic E-state index is 0.230. The molecule has 1 aromatic rings. The third-order valence-corrected chi connectivity index (χ3v) is 2.27. The van der Waals surface area contributed by atoms with Gasteiger partial charge in [0.15, 0.2) is 6.10 Å². The Morgan fingerprint density at radius 2 is 1.94 bits per heavy atom. The molecule has 0 heterocycles. The minimum atomic E-state index is -0.573. The molecule has 0 saturated heterocycles. The van der Waals surface area contributed by atoms with Crippen LogP contribution in [0.5, 0.6) is 5.75 Å². The molecule has 1 aromatic carbocycles. The first-order chi connectivity index (χ1) is 7.99. The Hall–Kier alpha value is -1.55. The van der Waals surface area contributed by atoms with Gasteiger partial charge in [-0.25, -0.2) is 0 Å². The van der Waals surface area contributed by atoms with Crippen molar-refractivity contribution in [3.63, 3.8) is 0 Å². The maximum Gasteiger partial charge on any atom is 0.260 e. The maximum atomic E-state index is 11.6. The molecule has 17 heavy (non-hydrogen) atoms. The van der Waals surface area contributed by atoms with E-state index in [-0.39, 0.29) is 12.5 Å². The van der Waals surface area contributed by atoms with Gasteiger partial charge in [-0.1, -0.05) is 17.7 Å². The molecule has 2 N–H and O–H groups in total. The second kappa shape index (κ2) is 6.25. The van der Waals surface area contributed by atoms with Crippen LogP contribution in [0.25, 0.3) is 0 Å². The number of nitrogens with one attached hydrogen (secondary N) is 1. The van der Waals surface area contributed by atoms with Gasteiger partial charge in [-0.2, -0.15) is 0 Å². The van der Waals surface area contributed by atoms with Crippen molar-refractivity contribution in [1.29, 1.82) is 0 Å². The number of carbonyl (C=O) groups is 1. The summed E-state index contributed by atoms with van der Waals surface area (Å²) >= 11 is 0. The van der Waals surface area contributed by atoms with E-state index in [4.69, 9.17) is 9.84 Å². The summed E-state index contributed by atoms with van der Waals surface area (Å²) in [5.74, 6) is 0.432. The number of hydrogen-bond donors (Lipinski definition) is 2. The Kier molecular flexibility index (Phi) is 4.97. The van der Waals surface area contributed by atoms with E-state index in [0.717, 1.165) is 5.56 Å². The van der Waals surface area contributed by atoms with E-state index in [1.807, 2.05) is 31.2 Å². The lowest BCUT2D eigenvalue weighted by molar-refractivity contribution is -0.127. The van der Waals surface area contributed by atoms with Crippen LogP contribution in [0, 0.1) is 6.92 Å². The second-order valence-electron chi connectivity index (χ2n) is 4.17. The zero-order chi connectivity index (χ0) is 12.8. The van der Waals surface area contributed by atoms with Gasteiger partial charge < -0.3 is 15.2 Å². The van der Waals surface area contributed by atoms with Crippen molar-refractivity contribution in [1.82, 2.24) is 5.32 Å². The summed E-state index contributed by atoms with van der Waals surface area (Å²) in [7, 11) is 0. The van der Waals surface area contributed by atoms with Gasteiger partial charge in [0, 0.05) is 6.54 Å². The first-order valence-corrected chi connectivity index (χ1v) is 5.68. The standard InChI is InChI=1S/C13H19NO3/c1-9-4-6-12(7-5-9)17-11(3)13(16)14-8-10(2)15/h4-7,10-11,15H,8H2,1-3H3,(H,14,16)/t10-,11?/m0/s1. The summed E-state index contributed by atoms with van der Waals surface area (Å²) in [5, 5.41) is 11.6. The Labute approximate surface area is 102 Å². The molecule has 0 fully saturated rings. The molecule has 0 aliphatic carbocycles. The average Bonchev–Trinajstić information content (AvgIpc) is 2.28. The fourth-order valence-electron chi connectivity index (χ4n) is 1.27. The highest BCUT2D eigenvalue weighted by Crippen LogP contribution is 2.13. The normalized spacial score (nSPS) is 13.9. The highest BCUT2D eigenvalue weighted by Gasteiger charge is 2.14. The lowest BCUT2D eigenvalue weighted by atomic mass is 10.2. The van der Waals surface area contributed by atoms with E-state index >= 15 is 0 Å². The first kappa shape index (κ1) is 13.5. The zero-order valence-electron chi connectivity index (χ0n) is 10.4. The van der Waals surface area contributed by atoms with Crippen molar-refractivity contribution in [3.05, 3.63) is 29.8 Å². The van der Waals surface area contributed by atoms with E-state index in [1.165, 1.54) is 0 Å². The number of carbonyl (C=O) groups excluding carboxylic acids is 1. The van der Waals surface area contributed by atoms with Crippen LogP contribution in [0.1, 0.15) is 19.4 Å². The summed E-state index contributed by atoms with van der Waals surface area (Å²) in [6.45, 7) is 5.52. The number of ether oxygens (including phenoxy) is 1. The van der Waals surface area contributed by atoms with Crippen LogP contribution in [-0.2, 0) is 4.79 Å².